The molecule has 0 saturated carbocycles. The first-order chi connectivity index (χ1) is 8.67. The number of aromatic nitrogens is 2. The van der Waals surface area contributed by atoms with Crippen LogP contribution in [0, 0.1) is 0 Å². The Morgan fingerprint density at radius 1 is 1.39 bits per heavy atom. The average molecular weight is 265 g/mol. The van der Waals surface area contributed by atoms with E-state index in [1.165, 1.54) is 11.5 Å². The van der Waals surface area contributed by atoms with E-state index in [-0.39, 0.29) is 0 Å². The van der Waals surface area contributed by atoms with Gasteiger partial charge in [0.25, 0.3) is 0 Å². The molecular weight excluding hydrogens is 250 g/mol. The first-order valence-corrected chi connectivity index (χ1v) is 6.36. The Labute approximate surface area is 110 Å². The molecule has 0 spiro atoms. The molecule has 1 aromatic heterocycles. The number of methoxy groups -OCH3 is 1. The smallest absolute Gasteiger partial charge is 0.207 e. The van der Waals surface area contributed by atoms with Crippen molar-refractivity contribution in [3.63, 3.8) is 0 Å². The van der Waals surface area contributed by atoms with Gasteiger partial charge in [0, 0.05) is 23.6 Å². The van der Waals surface area contributed by atoms with Crippen molar-refractivity contribution in [3.05, 3.63) is 30.1 Å². The summed E-state index contributed by atoms with van der Waals surface area (Å²) < 4.78 is 9.26. The predicted molar refractivity (Wildman–Crippen MR) is 71.6 cm³/mol. The standard InChI is InChI=1S/C12H15N3O2S/c1-8(16)7-11-14-12(18-15-11)13-9-3-5-10(17-2)6-4-9/h3-6,8,16H,7H2,1-2H3,(H,13,14,15)/t8-/m1/s1. The molecule has 1 aromatic carbocycles. The molecule has 0 fully saturated rings. The topological polar surface area (TPSA) is 67.3 Å². The summed E-state index contributed by atoms with van der Waals surface area (Å²) in [4.78, 5) is 4.29. The van der Waals surface area contributed by atoms with Crippen LogP contribution in [-0.4, -0.2) is 27.7 Å². The van der Waals surface area contributed by atoms with E-state index in [9.17, 15) is 5.11 Å². The molecule has 96 valence electrons. The summed E-state index contributed by atoms with van der Waals surface area (Å²) in [7, 11) is 1.63. The van der Waals surface area contributed by atoms with E-state index in [2.05, 4.69) is 14.7 Å². The molecule has 5 nitrogen and oxygen atoms in total. The highest BCUT2D eigenvalue weighted by Crippen LogP contribution is 2.21. The third kappa shape index (κ3) is 3.41. The van der Waals surface area contributed by atoms with Crippen LogP contribution in [0.2, 0.25) is 0 Å². The zero-order valence-electron chi connectivity index (χ0n) is 10.3. The van der Waals surface area contributed by atoms with Crippen LogP contribution < -0.4 is 10.1 Å². The third-order valence-corrected chi connectivity index (χ3v) is 2.96. The monoisotopic (exact) mass is 265 g/mol. The molecule has 0 aliphatic heterocycles. The summed E-state index contributed by atoms with van der Waals surface area (Å²) in [5, 5.41) is 13.1. The highest BCUT2D eigenvalue weighted by molar-refractivity contribution is 7.09. The highest BCUT2D eigenvalue weighted by atomic mass is 32.1. The van der Waals surface area contributed by atoms with Crippen LogP contribution >= 0.6 is 11.5 Å². The Balaban J connectivity index is 2.01. The Kier molecular flexibility index (Phi) is 4.11. The number of hydrogen-bond acceptors (Lipinski definition) is 6. The number of benzene rings is 1. The van der Waals surface area contributed by atoms with Gasteiger partial charge in [-0.05, 0) is 31.2 Å². The lowest BCUT2D eigenvalue weighted by molar-refractivity contribution is 0.193. The average Bonchev–Trinajstić information content (AvgIpc) is 2.76. The Hall–Kier alpha value is -1.66. The maximum Gasteiger partial charge on any atom is 0.207 e. The number of aliphatic hydroxyl groups excluding tert-OH is 1. The lowest BCUT2D eigenvalue weighted by atomic mass is 10.3. The molecular formula is C12H15N3O2S. The zero-order chi connectivity index (χ0) is 13.0. The minimum Gasteiger partial charge on any atom is -0.497 e. The largest absolute Gasteiger partial charge is 0.497 e. The van der Waals surface area contributed by atoms with Crippen molar-refractivity contribution in [2.75, 3.05) is 12.4 Å². The molecule has 0 saturated heterocycles. The van der Waals surface area contributed by atoms with Gasteiger partial charge in [0.2, 0.25) is 5.13 Å². The van der Waals surface area contributed by atoms with E-state index in [4.69, 9.17) is 4.74 Å². The van der Waals surface area contributed by atoms with E-state index >= 15 is 0 Å². The van der Waals surface area contributed by atoms with Crippen LogP contribution in [0.5, 0.6) is 5.75 Å². The lowest BCUT2D eigenvalue weighted by Gasteiger charge is -2.03. The Morgan fingerprint density at radius 2 is 2.11 bits per heavy atom. The molecule has 0 bridgehead atoms. The van der Waals surface area contributed by atoms with Crippen molar-refractivity contribution in [1.29, 1.82) is 0 Å². The fourth-order valence-electron chi connectivity index (χ4n) is 1.45. The maximum absolute atomic E-state index is 9.25. The number of nitrogens with one attached hydrogen (secondary N) is 1. The number of anilines is 2. The molecule has 0 radical (unpaired) electrons. The van der Waals surface area contributed by atoms with Crippen molar-refractivity contribution in [2.45, 2.75) is 19.4 Å². The number of ether oxygens (including phenoxy) is 1. The van der Waals surface area contributed by atoms with Gasteiger partial charge in [-0.25, -0.2) is 4.98 Å². The van der Waals surface area contributed by atoms with Crippen LogP contribution in [0.25, 0.3) is 0 Å². The molecule has 18 heavy (non-hydrogen) atoms. The first kappa shape index (κ1) is 12.8. The van der Waals surface area contributed by atoms with Gasteiger partial charge in [0.1, 0.15) is 11.6 Å². The molecule has 1 heterocycles. The summed E-state index contributed by atoms with van der Waals surface area (Å²) in [6.45, 7) is 1.72. The van der Waals surface area contributed by atoms with Crippen LogP contribution in [0.15, 0.2) is 24.3 Å². The van der Waals surface area contributed by atoms with E-state index in [0.29, 0.717) is 12.2 Å². The van der Waals surface area contributed by atoms with E-state index in [0.717, 1.165) is 16.6 Å². The molecule has 1 atom stereocenters. The third-order valence-electron chi connectivity index (χ3n) is 2.29. The molecule has 6 heteroatoms. The highest BCUT2D eigenvalue weighted by Gasteiger charge is 2.07. The van der Waals surface area contributed by atoms with Crippen molar-refractivity contribution >= 4 is 22.4 Å². The van der Waals surface area contributed by atoms with Crippen molar-refractivity contribution in [2.24, 2.45) is 0 Å². The summed E-state index contributed by atoms with van der Waals surface area (Å²) in [6, 6.07) is 7.57. The van der Waals surface area contributed by atoms with Gasteiger partial charge >= 0.3 is 0 Å². The van der Waals surface area contributed by atoms with E-state index in [1.54, 1.807) is 14.0 Å². The minimum absolute atomic E-state index is 0.423. The summed E-state index contributed by atoms with van der Waals surface area (Å²) in [6.07, 6.45) is 0.0503. The van der Waals surface area contributed by atoms with E-state index < -0.39 is 6.10 Å². The van der Waals surface area contributed by atoms with Gasteiger partial charge < -0.3 is 15.2 Å². The van der Waals surface area contributed by atoms with Gasteiger partial charge in [-0.3, -0.25) is 0 Å². The second-order valence-electron chi connectivity index (χ2n) is 3.92. The van der Waals surface area contributed by atoms with Crippen LogP contribution in [0.4, 0.5) is 10.8 Å². The van der Waals surface area contributed by atoms with Crippen LogP contribution in [0.1, 0.15) is 12.7 Å². The number of rotatable bonds is 5. The fraction of sp³-hybridized carbons (Fsp3) is 0.333. The quantitative estimate of drug-likeness (QED) is 0.867. The van der Waals surface area contributed by atoms with Crippen molar-refractivity contribution in [3.8, 4) is 5.75 Å². The molecule has 2 N–H and O–H groups in total. The number of aliphatic hydroxyl groups is 1. The van der Waals surface area contributed by atoms with Gasteiger partial charge in [0.15, 0.2) is 0 Å². The van der Waals surface area contributed by atoms with Crippen molar-refractivity contribution in [1.82, 2.24) is 9.36 Å². The normalized spacial score (nSPS) is 12.2. The maximum atomic E-state index is 9.25. The second-order valence-corrected chi connectivity index (χ2v) is 4.67. The summed E-state index contributed by atoms with van der Waals surface area (Å²) >= 11 is 1.28. The molecule has 0 aliphatic rings. The number of hydrogen-bond donors (Lipinski definition) is 2. The molecule has 0 unspecified atom stereocenters. The first-order valence-electron chi connectivity index (χ1n) is 5.59. The van der Waals surface area contributed by atoms with Gasteiger partial charge in [-0.2, -0.15) is 4.37 Å². The van der Waals surface area contributed by atoms with E-state index in [1.807, 2.05) is 24.3 Å². The summed E-state index contributed by atoms with van der Waals surface area (Å²) in [5.41, 5.74) is 0.926. The molecule has 2 aromatic rings. The van der Waals surface area contributed by atoms with Gasteiger partial charge in [-0.1, -0.05) is 0 Å². The molecule has 0 aliphatic carbocycles. The number of nitrogens with zero attached hydrogens (tertiary/aromatic N) is 2. The van der Waals surface area contributed by atoms with Crippen LogP contribution in [-0.2, 0) is 6.42 Å². The summed E-state index contributed by atoms with van der Waals surface area (Å²) in [5.74, 6) is 1.47. The van der Waals surface area contributed by atoms with Crippen molar-refractivity contribution < 1.29 is 9.84 Å². The van der Waals surface area contributed by atoms with Gasteiger partial charge in [0.05, 0.1) is 13.2 Å². The lowest BCUT2D eigenvalue weighted by Crippen LogP contribution is -2.05. The minimum atomic E-state index is -0.423. The second kappa shape index (κ2) is 5.79. The Morgan fingerprint density at radius 3 is 2.72 bits per heavy atom. The van der Waals surface area contributed by atoms with Crippen LogP contribution in [0.3, 0.4) is 0 Å². The predicted octanol–water partition coefficient (Wildman–Crippen LogP) is 2.21. The van der Waals surface area contributed by atoms with Gasteiger partial charge in [-0.15, -0.1) is 0 Å². The molecule has 2 rings (SSSR count). The SMILES string of the molecule is COc1ccc(Nc2nc(C[C@@H](C)O)ns2)cc1. The Bertz CT molecular complexity index is 496. The fourth-order valence-corrected chi connectivity index (χ4v) is 2.07. The zero-order valence-corrected chi connectivity index (χ0v) is 11.1. The molecule has 0 amide bonds.